The lowest BCUT2D eigenvalue weighted by atomic mass is 9.85. The van der Waals surface area contributed by atoms with Crippen molar-refractivity contribution in [2.24, 2.45) is 0 Å². The molecule has 60 heavy (non-hydrogen) atoms. The Morgan fingerprint density at radius 3 is 1.27 bits per heavy atom. The molecular formula is C60H38. The minimum atomic E-state index is 1.20. The summed E-state index contributed by atoms with van der Waals surface area (Å²) in [7, 11) is 0. The molecule has 12 rings (SSSR count). The van der Waals surface area contributed by atoms with Crippen LogP contribution in [0.15, 0.2) is 231 Å². The Kier molecular flexibility index (Phi) is 7.96. The van der Waals surface area contributed by atoms with Gasteiger partial charge < -0.3 is 0 Å². The standard InChI is InChI=1S/C60H38/c1-4-15-43-33-46(26-23-39(43)11-1)50-37-51-36-47(29-30-54(51)59(38-50)57-21-9-18-42-14-7-8-19-52(42)57)53-31-32-56(49-28-25-41-13-3-6-17-45(41)35-49)60-55(20-10-22-58(53)60)48-27-24-40-12-2-5-16-44(40)34-48/h1-38H. The van der Waals surface area contributed by atoms with Crippen LogP contribution in [0.5, 0.6) is 0 Å². The molecule has 0 aromatic heterocycles. The molecule has 0 bridgehead atoms. The lowest BCUT2D eigenvalue weighted by Gasteiger charge is -2.18. The van der Waals surface area contributed by atoms with Gasteiger partial charge in [0.25, 0.3) is 0 Å². The van der Waals surface area contributed by atoms with Crippen LogP contribution in [0.25, 0.3) is 120 Å². The normalized spacial score (nSPS) is 11.7. The Morgan fingerprint density at radius 2 is 0.583 bits per heavy atom. The molecule has 278 valence electrons. The third-order valence-corrected chi connectivity index (χ3v) is 12.6. The minimum Gasteiger partial charge on any atom is -0.0616 e. The van der Waals surface area contributed by atoms with E-state index in [1.807, 2.05) is 0 Å². The van der Waals surface area contributed by atoms with E-state index in [4.69, 9.17) is 0 Å². The van der Waals surface area contributed by atoms with Gasteiger partial charge in [0.2, 0.25) is 0 Å². The van der Waals surface area contributed by atoms with Gasteiger partial charge >= 0.3 is 0 Å². The van der Waals surface area contributed by atoms with Gasteiger partial charge in [-0.3, -0.25) is 0 Å². The van der Waals surface area contributed by atoms with Gasteiger partial charge in [-0.1, -0.05) is 194 Å². The van der Waals surface area contributed by atoms with E-state index in [0.29, 0.717) is 0 Å². The summed E-state index contributed by atoms with van der Waals surface area (Å²) in [6.45, 7) is 0. The zero-order chi connectivity index (χ0) is 39.6. The van der Waals surface area contributed by atoms with Crippen LogP contribution in [0.3, 0.4) is 0 Å². The maximum absolute atomic E-state index is 2.42. The summed E-state index contributed by atoms with van der Waals surface area (Å²) in [4.78, 5) is 0. The van der Waals surface area contributed by atoms with Crippen LogP contribution in [0.1, 0.15) is 0 Å². The van der Waals surface area contributed by atoms with Gasteiger partial charge in [0.15, 0.2) is 0 Å². The predicted molar refractivity (Wildman–Crippen MR) is 259 cm³/mol. The number of hydrogen-bond donors (Lipinski definition) is 0. The van der Waals surface area contributed by atoms with Crippen LogP contribution in [-0.4, -0.2) is 0 Å². The topological polar surface area (TPSA) is 0 Å². The molecule has 0 atom stereocenters. The van der Waals surface area contributed by atoms with Gasteiger partial charge in [-0.25, -0.2) is 0 Å². The molecule has 0 heteroatoms. The lowest BCUT2D eigenvalue weighted by Crippen LogP contribution is -1.91. The minimum absolute atomic E-state index is 1.20. The molecule has 0 aliphatic heterocycles. The summed E-state index contributed by atoms with van der Waals surface area (Å²) in [6, 6.07) is 85.4. The molecule has 0 heterocycles. The van der Waals surface area contributed by atoms with Crippen molar-refractivity contribution in [3.05, 3.63) is 231 Å². The highest BCUT2D eigenvalue weighted by atomic mass is 14.2. The van der Waals surface area contributed by atoms with Crippen LogP contribution in [0, 0.1) is 0 Å². The molecule has 0 spiro atoms. The Labute approximate surface area is 349 Å². The van der Waals surface area contributed by atoms with Crippen molar-refractivity contribution in [1.82, 2.24) is 0 Å². The molecular weight excluding hydrogens is 721 g/mol. The molecule has 12 aromatic carbocycles. The fraction of sp³-hybridized carbons (Fsp3) is 0. The van der Waals surface area contributed by atoms with E-state index in [0.717, 1.165) is 0 Å². The molecule has 0 radical (unpaired) electrons. The van der Waals surface area contributed by atoms with E-state index in [1.165, 1.54) is 120 Å². The molecule has 0 N–H and O–H groups in total. The van der Waals surface area contributed by atoms with E-state index in [-0.39, 0.29) is 0 Å². The lowest BCUT2D eigenvalue weighted by molar-refractivity contribution is 1.63. The van der Waals surface area contributed by atoms with E-state index >= 15 is 0 Å². The first-order chi connectivity index (χ1) is 29.7. The SMILES string of the molecule is c1ccc2cc(-c3cc(-c4cccc5ccccc45)c4ccc(-c5ccc(-c6ccc7ccccc7c6)c6c(-c7ccc8ccccc8c7)cccc56)cc4c3)ccc2c1. The second kappa shape index (κ2) is 13.9. The third kappa shape index (κ3) is 5.76. The second-order valence-corrected chi connectivity index (χ2v) is 16.1. The molecule has 0 aliphatic rings. The highest BCUT2D eigenvalue weighted by Crippen LogP contribution is 2.44. The van der Waals surface area contributed by atoms with Crippen molar-refractivity contribution in [1.29, 1.82) is 0 Å². The molecule has 0 saturated heterocycles. The van der Waals surface area contributed by atoms with Crippen molar-refractivity contribution >= 4 is 64.6 Å². The van der Waals surface area contributed by atoms with E-state index < -0.39 is 0 Å². The zero-order valence-electron chi connectivity index (χ0n) is 32.9. The third-order valence-electron chi connectivity index (χ3n) is 12.6. The Bertz CT molecular complexity index is 3570. The van der Waals surface area contributed by atoms with Crippen LogP contribution in [-0.2, 0) is 0 Å². The van der Waals surface area contributed by atoms with Crippen molar-refractivity contribution in [3.63, 3.8) is 0 Å². The highest BCUT2D eigenvalue weighted by molar-refractivity contribution is 6.14. The summed E-state index contributed by atoms with van der Waals surface area (Å²) in [5.74, 6) is 0. The van der Waals surface area contributed by atoms with Crippen LogP contribution in [0.4, 0.5) is 0 Å². The predicted octanol–water partition coefficient (Wildman–Crippen LogP) is 16.9. The number of rotatable bonds is 5. The maximum Gasteiger partial charge on any atom is -0.00206 e. The first-order valence-corrected chi connectivity index (χ1v) is 20.8. The van der Waals surface area contributed by atoms with Gasteiger partial charge in [0.1, 0.15) is 0 Å². The van der Waals surface area contributed by atoms with E-state index in [9.17, 15) is 0 Å². The monoisotopic (exact) mass is 758 g/mol. The van der Waals surface area contributed by atoms with Crippen molar-refractivity contribution in [2.75, 3.05) is 0 Å². The Morgan fingerprint density at radius 1 is 0.167 bits per heavy atom. The first kappa shape index (κ1) is 34.3. The highest BCUT2D eigenvalue weighted by Gasteiger charge is 2.17. The van der Waals surface area contributed by atoms with Crippen molar-refractivity contribution in [3.8, 4) is 55.6 Å². The number of hydrogen-bond acceptors (Lipinski definition) is 0. The average molecular weight is 759 g/mol. The molecule has 0 saturated carbocycles. The molecule has 0 nitrogen and oxygen atoms in total. The van der Waals surface area contributed by atoms with Gasteiger partial charge in [-0.05, 0) is 157 Å². The molecule has 0 amide bonds. The summed E-state index contributed by atoms with van der Waals surface area (Å²) in [6.07, 6.45) is 0. The average Bonchev–Trinajstić information content (AvgIpc) is 3.32. The molecule has 12 aromatic rings. The molecule has 0 unspecified atom stereocenters. The van der Waals surface area contributed by atoms with E-state index in [1.54, 1.807) is 0 Å². The van der Waals surface area contributed by atoms with Gasteiger partial charge in [-0.15, -0.1) is 0 Å². The van der Waals surface area contributed by atoms with E-state index in [2.05, 4.69) is 231 Å². The van der Waals surface area contributed by atoms with Crippen LogP contribution >= 0.6 is 0 Å². The zero-order valence-corrected chi connectivity index (χ0v) is 32.9. The largest absolute Gasteiger partial charge is 0.0616 e. The summed E-state index contributed by atoms with van der Waals surface area (Å²) < 4.78 is 0. The fourth-order valence-corrected chi connectivity index (χ4v) is 9.61. The van der Waals surface area contributed by atoms with Crippen LogP contribution < -0.4 is 0 Å². The summed E-state index contributed by atoms with van der Waals surface area (Å²) >= 11 is 0. The van der Waals surface area contributed by atoms with Crippen molar-refractivity contribution in [2.45, 2.75) is 0 Å². The van der Waals surface area contributed by atoms with Gasteiger partial charge in [0.05, 0.1) is 0 Å². The first-order valence-electron chi connectivity index (χ1n) is 20.8. The fourth-order valence-electron chi connectivity index (χ4n) is 9.61. The Balaban J connectivity index is 1.11. The van der Waals surface area contributed by atoms with Crippen LogP contribution in [0.2, 0.25) is 0 Å². The quantitative estimate of drug-likeness (QED) is 0.164. The van der Waals surface area contributed by atoms with Gasteiger partial charge in [0, 0.05) is 0 Å². The number of fused-ring (bicyclic) bond motifs is 6. The summed E-state index contributed by atoms with van der Waals surface area (Å²) in [5, 5.41) is 15.0. The maximum atomic E-state index is 2.42. The molecule has 0 fully saturated rings. The second-order valence-electron chi connectivity index (χ2n) is 16.1. The smallest absolute Gasteiger partial charge is 0.00206 e. The Hall–Kier alpha value is -7.80. The van der Waals surface area contributed by atoms with Gasteiger partial charge in [-0.2, -0.15) is 0 Å². The summed E-state index contributed by atoms with van der Waals surface area (Å²) in [5.41, 5.74) is 12.3. The van der Waals surface area contributed by atoms with Crippen molar-refractivity contribution < 1.29 is 0 Å². The molecule has 0 aliphatic carbocycles. The number of benzene rings is 12.